The number of nitrogens with one attached hydrogen (secondary N) is 1. The van der Waals surface area contributed by atoms with Gasteiger partial charge in [0, 0.05) is 12.7 Å². The fourth-order valence-corrected chi connectivity index (χ4v) is 1.64. The van der Waals surface area contributed by atoms with Gasteiger partial charge in [0.2, 0.25) is 0 Å². The molecule has 0 saturated carbocycles. The number of aromatic nitrogens is 1. The Balaban J connectivity index is 1.97. The first kappa shape index (κ1) is 14.6. The molecule has 1 aromatic carbocycles. The second-order valence-corrected chi connectivity index (χ2v) is 4.23. The number of hydrogen-bond donors (Lipinski definition) is 1. The summed E-state index contributed by atoms with van der Waals surface area (Å²) in [6.07, 6.45) is 1.30. The fraction of sp³-hybridized carbons (Fsp3) is 0.133. The lowest BCUT2D eigenvalue weighted by Gasteiger charge is -2.05. The van der Waals surface area contributed by atoms with Gasteiger partial charge in [0.15, 0.2) is 0 Å². The molecular weight excluding hydrogens is 275 g/mol. The largest absolute Gasteiger partial charge is 0.464 e. The van der Waals surface area contributed by atoms with Gasteiger partial charge in [0.25, 0.3) is 5.91 Å². The number of nitrogens with zero attached hydrogens (tertiary/aromatic N) is 1. The van der Waals surface area contributed by atoms with E-state index < -0.39 is 5.97 Å². The predicted octanol–water partition coefficient (Wildman–Crippen LogP) is 1.94. The van der Waals surface area contributed by atoms with E-state index in [1.165, 1.54) is 37.6 Å². The van der Waals surface area contributed by atoms with Crippen molar-refractivity contribution in [3.8, 4) is 0 Å². The number of esters is 1. The van der Waals surface area contributed by atoms with Crippen LogP contribution in [-0.4, -0.2) is 24.0 Å². The molecule has 2 rings (SSSR count). The van der Waals surface area contributed by atoms with Gasteiger partial charge in [-0.25, -0.2) is 14.2 Å². The van der Waals surface area contributed by atoms with Crippen molar-refractivity contribution in [3.05, 3.63) is 65.2 Å². The zero-order valence-corrected chi connectivity index (χ0v) is 11.3. The highest BCUT2D eigenvalue weighted by Gasteiger charge is 2.10. The van der Waals surface area contributed by atoms with Crippen LogP contribution in [0.5, 0.6) is 0 Å². The molecule has 0 aliphatic heterocycles. The number of rotatable bonds is 4. The van der Waals surface area contributed by atoms with Crippen molar-refractivity contribution in [1.82, 2.24) is 10.3 Å². The van der Waals surface area contributed by atoms with Crippen LogP contribution >= 0.6 is 0 Å². The Morgan fingerprint density at radius 1 is 1.19 bits per heavy atom. The number of carbonyl (C=O) groups is 2. The number of hydrogen-bond acceptors (Lipinski definition) is 4. The maximum absolute atomic E-state index is 12.7. The molecule has 1 aromatic heterocycles. The van der Waals surface area contributed by atoms with Crippen LogP contribution in [0.25, 0.3) is 0 Å². The van der Waals surface area contributed by atoms with Gasteiger partial charge < -0.3 is 10.1 Å². The lowest BCUT2D eigenvalue weighted by molar-refractivity contribution is 0.0593. The summed E-state index contributed by atoms with van der Waals surface area (Å²) in [6, 6.07) is 8.74. The van der Waals surface area contributed by atoms with Crippen molar-refractivity contribution in [1.29, 1.82) is 0 Å². The number of halogens is 1. The lowest BCUT2D eigenvalue weighted by Crippen LogP contribution is -2.23. The highest BCUT2D eigenvalue weighted by Crippen LogP contribution is 2.04. The molecule has 0 aliphatic rings. The van der Waals surface area contributed by atoms with E-state index in [-0.39, 0.29) is 24.0 Å². The molecule has 2 aromatic rings. The second kappa shape index (κ2) is 6.60. The standard InChI is InChI=1S/C15H13FN2O3/c1-21-15(20)13-7-4-11(9-17-13)14(19)18-8-10-2-5-12(16)6-3-10/h2-7,9H,8H2,1H3,(H,18,19). The minimum absolute atomic E-state index is 0.132. The third-order valence-corrected chi connectivity index (χ3v) is 2.79. The summed E-state index contributed by atoms with van der Waals surface area (Å²) in [4.78, 5) is 27.0. The van der Waals surface area contributed by atoms with Gasteiger partial charge in [-0.15, -0.1) is 0 Å². The van der Waals surface area contributed by atoms with Crippen molar-refractivity contribution >= 4 is 11.9 Å². The first-order chi connectivity index (χ1) is 10.1. The molecule has 1 heterocycles. The number of ether oxygens (including phenoxy) is 1. The molecule has 0 unspecified atom stereocenters. The quantitative estimate of drug-likeness (QED) is 0.873. The van der Waals surface area contributed by atoms with E-state index in [1.54, 1.807) is 12.1 Å². The molecule has 1 amide bonds. The first-order valence-corrected chi connectivity index (χ1v) is 6.17. The Bertz CT molecular complexity index is 639. The topological polar surface area (TPSA) is 68.3 Å². The summed E-state index contributed by atoms with van der Waals surface area (Å²) in [5, 5.41) is 2.68. The summed E-state index contributed by atoms with van der Waals surface area (Å²) in [6.45, 7) is 0.276. The summed E-state index contributed by atoms with van der Waals surface area (Å²) in [7, 11) is 1.26. The zero-order valence-electron chi connectivity index (χ0n) is 11.3. The molecule has 0 spiro atoms. The number of pyridine rings is 1. The van der Waals surface area contributed by atoms with Gasteiger partial charge in [0.1, 0.15) is 11.5 Å². The average Bonchev–Trinajstić information content (AvgIpc) is 2.53. The van der Waals surface area contributed by atoms with E-state index in [1.807, 2.05) is 0 Å². The van der Waals surface area contributed by atoms with E-state index in [2.05, 4.69) is 15.0 Å². The van der Waals surface area contributed by atoms with Crippen LogP contribution in [0.3, 0.4) is 0 Å². The second-order valence-electron chi connectivity index (χ2n) is 4.23. The molecule has 0 radical (unpaired) electrons. The van der Waals surface area contributed by atoms with Gasteiger partial charge in [-0.05, 0) is 29.8 Å². The fourth-order valence-electron chi connectivity index (χ4n) is 1.64. The third-order valence-electron chi connectivity index (χ3n) is 2.79. The van der Waals surface area contributed by atoms with Gasteiger partial charge >= 0.3 is 5.97 Å². The highest BCUT2D eigenvalue weighted by molar-refractivity contribution is 5.95. The maximum Gasteiger partial charge on any atom is 0.356 e. The smallest absolute Gasteiger partial charge is 0.356 e. The Morgan fingerprint density at radius 2 is 1.90 bits per heavy atom. The molecular formula is C15H13FN2O3. The maximum atomic E-state index is 12.7. The Kier molecular flexibility index (Phi) is 4.61. The normalized spacial score (nSPS) is 10.0. The number of methoxy groups -OCH3 is 1. The average molecular weight is 288 g/mol. The van der Waals surface area contributed by atoms with Gasteiger partial charge in [-0.2, -0.15) is 0 Å². The lowest BCUT2D eigenvalue weighted by atomic mass is 10.2. The molecule has 6 heteroatoms. The van der Waals surface area contributed by atoms with Gasteiger partial charge in [-0.3, -0.25) is 4.79 Å². The number of carbonyl (C=O) groups excluding carboxylic acids is 2. The zero-order chi connectivity index (χ0) is 15.2. The van der Waals surface area contributed by atoms with E-state index in [0.29, 0.717) is 5.56 Å². The number of benzene rings is 1. The Hall–Kier alpha value is -2.76. The van der Waals surface area contributed by atoms with E-state index in [9.17, 15) is 14.0 Å². The van der Waals surface area contributed by atoms with Crippen molar-refractivity contribution in [2.45, 2.75) is 6.54 Å². The first-order valence-electron chi connectivity index (χ1n) is 6.17. The predicted molar refractivity (Wildman–Crippen MR) is 73.1 cm³/mol. The minimum Gasteiger partial charge on any atom is -0.464 e. The molecule has 0 fully saturated rings. The molecule has 0 atom stereocenters. The number of amides is 1. The summed E-state index contributed by atoms with van der Waals surface area (Å²) < 4.78 is 17.3. The minimum atomic E-state index is -0.562. The highest BCUT2D eigenvalue weighted by atomic mass is 19.1. The van der Waals surface area contributed by atoms with Crippen molar-refractivity contribution in [3.63, 3.8) is 0 Å². The summed E-state index contributed by atoms with van der Waals surface area (Å²) in [5.74, 6) is -1.22. The molecule has 0 aliphatic carbocycles. The van der Waals surface area contributed by atoms with Crippen LogP contribution in [0.2, 0.25) is 0 Å². The molecule has 108 valence electrons. The van der Waals surface area contributed by atoms with E-state index >= 15 is 0 Å². The van der Waals surface area contributed by atoms with E-state index in [4.69, 9.17) is 0 Å². The Labute approximate surface area is 120 Å². The summed E-state index contributed by atoms with van der Waals surface area (Å²) in [5.41, 5.74) is 1.24. The van der Waals surface area contributed by atoms with Crippen molar-refractivity contribution < 1.29 is 18.7 Å². The molecule has 0 bridgehead atoms. The SMILES string of the molecule is COC(=O)c1ccc(C(=O)NCc2ccc(F)cc2)cn1. The molecule has 21 heavy (non-hydrogen) atoms. The molecule has 5 nitrogen and oxygen atoms in total. The summed E-state index contributed by atoms with van der Waals surface area (Å²) >= 11 is 0. The molecule has 1 N–H and O–H groups in total. The van der Waals surface area contributed by atoms with Crippen LogP contribution in [-0.2, 0) is 11.3 Å². The monoisotopic (exact) mass is 288 g/mol. The van der Waals surface area contributed by atoms with Gasteiger partial charge in [0.05, 0.1) is 12.7 Å². The van der Waals surface area contributed by atoms with Crippen LogP contribution in [0.4, 0.5) is 4.39 Å². The van der Waals surface area contributed by atoms with Crippen molar-refractivity contribution in [2.75, 3.05) is 7.11 Å². The van der Waals surface area contributed by atoms with E-state index in [0.717, 1.165) is 5.56 Å². The van der Waals surface area contributed by atoms with Crippen LogP contribution in [0.1, 0.15) is 26.4 Å². The van der Waals surface area contributed by atoms with Crippen molar-refractivity contribution in [2.24, 2.45) is 0 Å². The van der Waals surface area contributed by atoms with Gasteiger partial charge in [-0.1, -0.05) is 12.1 Å². The Morgan fingerprint density at radius 3 is 2.48 bits per heavy atom. The van der Waals surface area contributed by atoms with Crippen LogP contribution < -0.4 is 5.32 Å². The third kappa shape index (κ3) is 3.85. The molecule has 0 saturated heterocycles. The van der Waals surface area contributed by atoms with Crippen LogP contribution in [0, 0.1) is 5.82 Å². The van der Waals surface area contributed by atoms with Crippen LogP contribution in [0.15, 0.2) is 42.6 Å².